The molecule has 1 aromatic carbocycles. The molecule has 3 amide bonds. The number of nitrogens with zero attached hydrogens (tertiary/aromatic N) is 1. The summed E-state index contributed by atoms with van der Waals surface area (Å²) in [5.74, 6) is 4.35. The molecule has 0 aliphatic carbocycles. The lowest BCUT2D eigenvalue weighted by molar-refractivity contribution is -0.129. The second-order valence-electron chi connectivity index (χ2n) is 5.53. The number of benzene rings is 1. The zero-order chi connectivity index (χ0) is 17.4. The molecule has 0 aliphatic heterocycles. The van der Waals surface area contributed by atoms with Crippen molar-refractivity contribution in [3.8, 4) is 0 Å². The number of Topliss-reactive ketones (excluding diaryl/α,β-unsaturated/α-hetero) is 1. The van der Waals surface area contributed by atoms with Gasteiger partial charge in [0.15, 0.2) is 5.78 Å². The van der Waals surface area contributed by atoms with Gasteiger partial charge in [-0.1, -0.05) is 32.0 Å². The number of rotatable bonds is 6. The van der Waals surface area contributed by atoms with E-state index in [0.29, 0.717) is 12.1 Å². The molecular formula is C15H23N5O3. The van der Waals surface area contributed by atoms with Gasteiger partial charge in [-0.2, -0.15) is 0 Å². The topological polar surface area (TPSA) is 131 Å². The van der Waals surface area contributed by atoms with Crippen LogP contribution in [0.3, 0.4) is 0 Å². The number of hydrazine groups is 2. The number of hydrogen-bond donors (Lipinski definition) is 4. The number of carbonyl (C=O) groups excluding carboxylic acids is 3. The van der Waals surface area contributed by atoms with E-state index in [-0.39, 0.29) is 11.7 Å². The van der Waals surface area contributed by atoms with Crippen molar-refractivity contribution < 1.29 is 14.4 Å². The first-order valence-electron chi connectivity index (χ1n) is 7.28. The van der Waals surface area contributed by atoms with Crippen LogP contribution in [-0.2, 0) is 9.59 Å². The van der Waals surface area contributed by atoms with Crippen molar-refractivity contribution in [2.24, 2.45) is 17.5 Å². The van der Waals surface area contributed by atoms with Crippen molar-refractivity contribution >= 4 is 23.4 Å². The normalized spacial score (nSPS) is 11.7. The summed E-state index contributed by atoms with van der Waals surface area (Å²) in [7, 11) is 0. The minimum Gasteiger partial charge on any atom is -0.321 e. The van der Waals surface area contributed by atoms with Gasteiger partial charge in [0.25, 0.3) is 0 Å². The van der Waals surface area contributed by atoms with Gasteiger partial charge in [0, 0.05) is 0 Å². The molecule has 0 aromatic heterocycles. The Labute approximate surface area is 135 Å². The van der Waals surface area contributed by atoms with Crippen LogP contribution in [0.5, 0.6) is 0 Å². The molecule has 0 bridgehead atoms. The number of urea groups is 1. The minimum absolute atomic E-state index is 0.251. The van der Waals surface area contributed by atoms with Crippen LogP contribution >= 0.6 is 0 Å². The van der Waals surface area contributed by atoms with E-state index in [2.05, 4.69) is 5.43 Å². The van der Waals surface area contributed by atoms with Gasteiger partial charge in [-0.05, 0) is 24.5 Å². The maximum Gasteiger partial charge on any atom is 0.355 e. The molecule has 0 saturated heterocycles. The van der Waals surface area contributed by atoms with Gasteiger partial charge in [-0.25, -0.2) is 15.6 Å². The lowest BCUT2D eigenvalue weighted by Gasteiger charge is -2.22. The monoisotopic (exact) mass is 321 g/mol. The summed E-state index contributed by atoms with van der Waals surface area (Å²) in [5.41, 5.74) is 10.4. The predicted molar refractivity (Wildman–Crippen MR) is 86.8 cm³/mol. The van der Waals surface area contributed by atoms with E-state index in [1.807, 2.05) is 19.3 Å². The molecular weight excluding hydrogens is 298 g/mol. The van der Waals surface area contributed by atoms with Crippen LogP contribution in [0.1, 0.15) is 26.7 Å². The highest BCUT2D eigenvalue weighted by Gasteiger charge is 2.22. The Morgan fingerprint density at radius 3 is 2.30 bits per heavy atom. The molecule has 8 nitrogen and oxygen atoms in total. The third kappa shape index (κ3) is 6.05. The molecule has 0 unspecified atom stereocenters. The van der Waals surface area contributed by atoms with E-state index < -0.39 is 24.4 Å². The highest BCUT2D eigenvalue weighted by Crippen LogP contribution is 2.11. The fraction of sp³-hybridized carbons (Fsp3) is 0.400. The van der Waals surface area contributed by atoms with Crippen LogP contribution in [-0.4, -0.2) is 23.8 Å². The summed E-state index contributed by atoms with van der Waals surface area (Å²) in [6, 6.07) is 6.95. The van der Waals surface area contributed by atoms with Crippen molar-refractivity contribution in [2.45, 2.75) is 32.7 Å². The van der Waals surface area contributed by atoms with E-state index in [0.717, 1.165) is 5.01 Å². The molecule has 0 spiro atoms. The standard InChI is InChI=1S/C15H23N5O3/c1-10(2)8-12(16)13(21)9-14(22)19-20(15(23)18-17)11-6-4-3-5-7-11/h3-7,10,12H,8-9,16-17H2,1-2H3,(H,18,23)(H,19,22)/t12-/m0/s1. The van der Waals surface area contributed by atoms with Gasteiger partial charge in [0.2, 0.25) is 5.91 Å². The first-order chi connectivity index (χ1) is 10.8. The van der Waals surface area contributed by atoms with E-state index in [1.54, 1.807) is 30.3 Å². The maximum atomic E-state index is 12.0. The summed E-state index contributed by atoms with van der Waals surface area (Å²) in [5, 5.41) is 0.934. The Hall–Kier alpha value is -2.45. The van der Waals surface area contributed by atoms with Crippen LogP contribution < -0.4 is 27.4 Å². The zero-order valence-corrected chi connectivity index (χ0v) is 13.3. The van der Waals surface area contributed by atoms with Gasteiger partial charge in [0.05, 0.1) is 18.2 Å². The van der Waals surface area contributed by atoms with Crippen LogP contribution in [0, 0.1) is 5.92 Å². The largest absolute Gasteiger partial charge is 0.355 e. The summed E-state index contributed by atoms with van der Waals surface area (Å²) in [6.45, 7) is 3.88. The summed E-state index contributed by atoms with van der Waals surface area (Å²) in [6.07, 6.45) is 0.0901. The summed E-state index contributed by atoms with van der Waals surface area (Å²) in [4.78, 5) is 35.7. The Kier molecular flexibility index (Phi) is 7.17. The van der Waals surface area contributed by atoms with E-state index in [9.17, 15) is 14.4 Å². The van der Waals surface area contributed by atoms with Crippen LogP contribution in [0.15, 0.2) is 30.3 Å². The van der Waals surface area contributed by atoms with Crippen molar-refractivity contribution in [1.29, 1.82) is 0 Å². The molecule has 1 atom stereocenters. The summed E-state index contributed by atoms with van der Waals surface area (Å²) < 4.78 is 0. The molecule has 0 heterocycles. The Balaban J connectivity index is 2.71. The van der Waals surface area contributed by atoms with Crippen molar-refractivity contribution in [1.82, 2.24) is 10.9 Å². The van der Waals surface area contributed by atoms with E-state index >= 15 is 0 Å². The van der Waals surface area contributed by atoms with Gasteiger partial charge in [0.1, 0.15) is 0 Å². The van der Waals surface area contributed by atoms with Crippen LogP contribution in [0.4, 0.5) is 10.5 Å². The highest BCUT2D eigenvalue weighted by molar-refractivity contribution is 6.03. The molecule has 6 N–H and O–H groups in total. The van der Waals surface area contributed by atoms with E-state index in [1.165, 1.54) is 0 Å². The number of nitrogens with two attached hydrogens (primary N) is 2. The van der Waals surface area contributed by atoms with E-state index in [4.69, 9.17) is 11.6 Å². The number of nitrogens with one attached hydrogen (secondary N) is 2. The number of carbonyl (C=O) groups is 3. The summed E-state index contributed by atoms with van der Waals surface area (Å²) >= 11 is 0. The molecule has 0 fully saturated rings. The second kappa shape index (κ2) is 8.86. The third-order valence-corrected chi connectivity index (χ3v) is 3.05. The first-order valence-corrected chi connectivity index (χ1v) is 7.28. The fourth-order valence-corrected chi connectivity index (χ4v) is 1.97. The molecule has 0 aliphatic rings. The molecule has 1 rings (SSSR count). The molecule has 23 heavy (non-hydrogen) atoms. The van der Waals surface area contributed by atoms with Gasteiger partial charge < -0.3 is 5.73 Å². The fourth-order valence-electron chi connectivity index (χ4n) is 1.97. The van der Waals surface area contributed by atoms with Crippen LogP contribution in [0.25, 0.3) is 0 Å². The SMILES string of the molecule is CC(C)C[C@H](N)C(=O)CC(=O)NN(C(=O)NN)c1ccccc1. The average molecular weight is 321 g/mol. The smallest absolute Gasteiger partial charge is 0.321 e. The predicted octanol–water partition coefficient (Wildman–Crippen LogP) is 0.440. The van der Waals surface area contributed by atoms with Crippen molar-refractivity contribution in [3.63, 3.8) is 0 Å². The third-order valence-electron chi connectivity index (χ3n) is 3.05. The zero-order valence-electron chi connectivity index (χ0n) is 13.3. The highest BCUT2D eigenvalue weighted by atomic mass is 16.2. The van der Waals surface area contributed by atoms with Crippen molar-refractivity contribution in [3.05, 3.63) is 30.3 Å². The first kappa shape index (κ1) is 18.6. The Bertz CT molecular complexity index is 547. The van der Waals surface area contributed by atoms with Gasteiger partial charge in [-0.3, -0.25) is 20.4 Å². The lowest BCUT2D eigenvalue weighted by atomic mass is 9.99. The Morgan fingerprint density at radius 1 is 1.17 bits per heavy atom. The van der Waals surface area contributed by atoms with Gasteiger partial charge >= 0.3 is 6.03 Å². The molecule has 126 valence electrons. The van der Waals surface area contributed by atoms with Crippen LogP contribution in [0.2, 0.25) is 0 Å². The minimum atomic E-state index is -0.733. The average Bonchev–Trinajstić information content (AvgIpc) is 2.52. The van der Waals surface area contributed by atoms with Crippen molar-refractivity contribution in [2.75, 3.05) is 5.01 Å². The van der Waals surface area contributed by atoms with Gasteiger partial charge in [-0.15, -0.1) is 0 Å². The quantitative estimate of drug-likeness (QED) is 0.261. The lowest BCUT2D eigenvalue weighted by Crippen LogP contribution is -2.53. The molecule has 1 aromatic rings. The number of para-hydroxylation sites is 1. The number of amides is 3. The second-order valence-corrected chi connectivity index (χ2v) is 5.53. The molecule has 0 saturated carbocycles. The molecule has 0 radical (unpaired) electrons. The molecule has 8 heteroatoms. The maximum absolute atomic E-state index is 12.0. The number of anilines is 1. The Morgan fingerprint density at radius 2 is 1.78 bits per heavy atom. The number of hydrogen-bond acceptors (Lipinski definition) is 5. The number of ketones is 1.